The summed E-state index contributed by atoms with van der Waals surface area (Å²) in [4.78, 5) is 0. The van der Waals surface area contributed by atoms with Crippen LogP contribution in [0.4, 0.5) is 0 Å². The van der Waals surface area contributed by atoms with Crippen LogP contribution in [0.2, 0.25) is 0 Å². The van der Waals surface area contributed by atoms with Gasteiger partial charge in [0.2, 0.25) is 0 Å². The lowest BCUT2D eigenvalue weighted by atomic mass is 10.8. The largest absolute Gasteiger partial charge is 0.331 e. The van der Waals surface area contributed by atoms with Crippen LogP contribution in [0, 0.1) is 22.9 Å². The Bertz CT molecular complexity index is 213. The van der Waals surface area contributed by atoms with Crippen LogP contribution >= 0.6 is 11.1 Å². The SMILES string of the molecule is C=C[Si](Cl)(C#CC)C#CC. The van der Waals surface area contributed by atoms with Crippen LogP contribution < -0.4 is 0 Å². The molecule has 0 bridgehead atoms. The molecule has 0 aliphatic heterocycles. The van der Waals surface area contributed by atoms with Crippen LogP contribution in [0.5, 0.6) is 0 Å². The van der Waals surface area contributed by atoms with Crippen LogP contribution in [-0.4, -0.2) is 7.38 Å². The Hall–Kier alpha value is -0.633. The molecule has 0 aliphatic carbocycles. The molecule has 0 aromatic heterocycles. The molecule has 0 aromatic rings. The van der Waals surface area contributed by atoms with Gasteiger partial charge < -0.3 is 0 Å². The van der Waals surface area contributed by atoms with Crippen molar-refractivity contribution < 1.29 is 0 Å². The summed E-state index contributed by atoms with van der Waals surface area (Å²) < 4.78 is 0. The lowest BCUT2D eigenvalue weighted by Crippen LogP contribution is -2.19. The van der Waals surface area contributed by atoms with E-state index in [9.17, 15) is 0 Å². The Morgan fingerprint density at radius 3 is 1.90 bits per heavy atom. The fraction of sp³-hybridized carbons (Fsp3) is 0.250. The first-order chi connectivity index (χ1) is 4.68. The van der Waals surface area contributed by atoms with Crippen LogP contribution in [-0.2, 0) is 0 Å². The van der Waals surface area contributed by atoms with Gasteiger partial charge in [-0.1, -0.05) is 16.8 Å². The summed E-state index contributed by atoms with van der Waals surface area (Å²) >= 11 is 6.00. The third-order valence-corrected chi connectivity index (χ3v) is 3.72. The van der Waals surface area contributed by atoms with E-state index >= 15 is 0 Å². The summed E-state index contributed by atoms with van der Waals surface area (Å²) in [7, 11) is -2.21. The monoisotopic (exact) mass is 168 g/mol. The molecule has 2 heteroatoms. The molecule has 0 aromatic carbocycles. The highest BCUT2D eigenvalue weighted by Crippen LogP contribution is 2.06. The summed E-state index contributed by atoms with van der Waals surface area (Å²) in [6, 6.07) is 0. The van der Waals surface area contributed by atoms with Crippen molar-refractivity contribution in [1.29, 1.82) is 0 Å². The Morgan fingerprint density at radius 1 is 1.30 bits per heavy atom. The quantitative estimate of drug-likeness (QED) is 0.319. The number of hydrogen-bond acceptors (Lipinski definition) is 0. The van der Waals surface area contributed by atoms with E-state index in [0.717, 1.165) is 0 Å². The van der Waals surface area contributed by atoms with Crippen molar-refractivity contribution in [2.24, 2.45) is 0 Å². The molecular formula is C8H9ClSi. The summed E-state index contributed by atoms with van der Waals surface area (Å²) in [5, 5.41) is 0. The van der Waals surface area contributed by atoms with Gasteiger partial charge in [-0.15, -0.1) is 29.5 Å². The zero-order valence-corrected chi connectivity index (χ0v) is 7.92. The molecule has 0 spiro atoms. The lowest BCUT2D eigenvalue weighted by Gasteiger charge is -2.00. The molecule has 0 aliphatic rings. The maximum absolute atomic E-state index is 6.00. The Kier molecular flexibility index (Phi) is 3.96. The predicted molar refractivity (Wildman–Crippen MR) is 48.7 cm³/mol. The Morgan fingerprint density at radius 2 is 1.70 bits per heavy atom. The van der Waals surface area contributed by atoms with Crippen LogP contribution in [0.25, 0.3) is 0 Å². The minimum atomic E-state index is -2.21. The van der Waals surface area contributed by atoms with Gasteiger partial charge in [0.25, 0.3) is 0 Å². The van der Waals surface area contributed by atoms with Gasteiger partial charge >= 0.3 is 7.38 Å². The van der Waals surface area contributed by atoms with Crippen molar-refractivity contribution in [2.45, 2.75) is 13.8 Å². The third-order valence-electron chi connectivity index (χ3n) is 0.895. The highest BCUT2D eigenvalue weighted by atomic mass is 35.6. The molecule has 0 atom stereocenters. The standard InChI is InChI=1S/C8H9ClSi/c1-4-7-10(9,6-3)8-5-2/h6H,3H2,1-2H3. The van der Waals surface area contributed by atoms with Gasteiger partial charge in [0, 0.05) is 0 Å². The lowest BCUT2D eigenvalue weighted by molar-refractivity contribution is 1.92. The Labute approximate surface area is 68.0 Å². The van der Waals surface area contributed by atoms with Gasteiger partial charge in [-0.3, -0.25) is 0 Å². The van der Waals surface area contributed by atoms with Crippen molar-refractivity contribution in [1.82, 2.24) is 0 Å². The first kappa shape index (κ1) is 9.37. The molecule has 0 heterocycles. The minimum absolute atomic E-state index is 1.67. The van der Waals surface area contributed by atoms with E-state index < -0.39 is 7.38 Å². The van der Waals surface area contributed by atoms with Crippen LogP contribution in [0.15, 0.2) is 12.3 Å². The van der Waals surface area contributed by atoms with Gasteiger partial charge in [0.15, 0.2) is 0 Å². The molecule has 0 fully saturated rings. The van der Waals surface area contributed by atoms with Crippen molar-refractivity contribution >= 4 is 18.5 Å². The van der Waals surface area contributed by atoms with Crippen molar-refractivity contribution in [3.05, 3.63) is 12.3 Å². The maximum atomic E-state index is 6.00. The van der Waals surface area contributed by atoms with Crippen molar-refractivity contribution in [2.75, 3.05) is 0 Å². The molecule has 0 amide bonds. The van der Waals surface area contributed by atoms with E-state index in [1.807, 2.05) is 0 Å². The third kappa shape index (κ3) is 2.78. The van der Waals surface area contributed by atoms with Crippen LogP contribution in [0.1, 0.15) is 13.8 Å². The van der Waals surface area contributed by atoms with Gasteiger partial charge in [0.1, 0.15) is 0 Å². The molecule has 52 valence electrons. The zero-order chi connectivity index (χ0) is 8.04. The van der Waals surface area contributed by atoms with Crippen molar-refractivity contribution in [3.8, 4) is 22.9 Å². The van der Waals surface area contributed by atoms with Gasteiger partial charge in [-0.05, 0) is 13.8 Å². The molecule has 0 unspecified atom stereocenters. The van der Waals surface area contributed by atoms with Crippen LogP contribution in [0.3, 0.4) is 0 Å². The predicted octanol–water partition coefficient (Wildman–Crippen LogP) is 2.02. The number of halogens is 1. The molecule has 0 nitrogen and oxygen atoms in total. The molecule has 0 saturated carbocycles. The molecule has 0 saturated heterocycles. The normalized spacial score (nSPS) is 8.30. The fourth-order valence-electron chi connectivity index (χ4n) is 0.497. The van der Waals surface area contributed by atoms with Gasteiger partial charge in [-0.25, -0.2) is 0 Å². The smallest absolute Gasteiger partial charge is 0.128 e. The highest BCUT2D eigenvalue weighted by Gasteiger charge is 2.20. The molecule has 0 N–H and O–H groups in total. The molecule has 0 rings (SSSR count). The van der Waals surface area contributed by atoms with E-state index in [0.29, 0.717) is 0 Å². The minimum Gasteiger partial charge on any atom is -0.128 e. The van der Waals surface area contributed by atoms with Crippen molar-refractivity contribution in [3.63, 3.8) is 0 Å². The summed E-state index contributed by atoms with van der Waals surface area (Å²) in [5.41, 5.74) is 7.41. The second kappa shape index (κ2) is 4.23. The maximum Gasteiger partial charge on any atom is 0.331 e. The average Bonchev–Trinajstić information content (AvgIpc) is 1.89. The van der Waals surface area contributed by atoms with E-state index in [4.69, 9.17) is 11.1 Å². The first-order valence-corrected chi connectivity index (χ1v) is 5.98. The second-order valence-electron chi connectivity index (χ2n) is 1.67. The molecular weight excluding hydrogens is 160 g/mol. The molecule has 10 heavy (non-hydrogen) atoms. The summed E-state index contributed by atoms with van der Waals surface area (Å²) in [6.07, 6.45) is 0. The second-order valence-corrected chi connectivity index (χ2v) is 5.79. The number of hydrogen-bond donors (Lipinski definition) is 0. The summed E-state index contributed by atoms with van der Waals surface area (Å²) in [5.74, 6) is 5.50. The topological polar surface area (TPSA) is 0 Å². The average molecular weight is 169 g/mol. The van der Waals surface area contributed by atoms with Gasteiger partial charge in [0.05, 0.1) is 0 Å². The fourth-order valence-corrected chi connectivity index (χ4v) is 2.06. The van der Waals surface area contributed by atoms with E-state index in [-0.39, 0.29) is 0 Å². The first-order valence-electron chi connectivity index (χ1n) is 2.89. The van der Waals surface area contributed by atoms with E-state index in [1.54, 1.807) is 19.5 Å². The summed E-state index contributed by atoms with van der Waals surface area (Å²) in [6.45, 7) is 7.10. The van der Waals surface area contributed by atoms with E-state index in [1.165, 1.54) is 0 Å². The Balaban J connectivity index is 4.60. The highest BCUT2D eigenvalue weighted by molar-refractivity contribution is 7.31. The number of rotatable bonds is 1. The zero-order valence-electron chi connectivity index (χ0n) is 6.16. The van der Waals surface area contributed by atoms with Gasteiger partial charge in [-0.2, -0.15) is 0 Å². The van der Waals surface area contributed by atoms with E-state index in [2.05, 4.69) is 29.5 Å². The molecule has 0 radical (unpaired) electrons.